The summed E-state index contributed by atoms with van der Waals surface area (Å²) >= 11 is 0. The minimum absolute atomic E-state index is 0.679. The first kappa shape index (κ1) is 13.0. The van der Waals surface area contributed by atoms with Crippen LogP contribution in [0.4, 0.5) is 11.4 Å². The molecule has 0 amide bonds. The van der Waals surface area contributed by atoms with Crippen molar-refractivity contribution in [3.63, 3.8) is 0 Å². The quantitative estimate of drug-likeness (QED) is 0.895. The van der Waals surface area contributed by atoms with Gasteiger partial charge in [0.25, 0.3) is 0 Å². The molecule has 104 valence electrons. The summed E-state index contributed by atoms with van der Waals surface area (Å²) < 4.78 is 0. The summed E-state index contributed by atoms with van der Waals surface area (Å²) in [5, 5.41) is 3.50. The van der Waals surface area contributed by atoms with Crippen LogP contribution in [0.1, 0.15) is 24.3 Å². The molecule has 0 aromatic heterocycles. The lowest BCUT2D eigenvalue weighted by Gasteiger charge is -2.29. The second kappa shape index (κ2) is 6.00. The van der Waals surface area contributed by atoms with Crippen molar-refractivity contribution in [1.82, 2.24) is 0 Å². The van der Waals surface area contributed by atoms with Crippen LogP contribution < -0.4 is 10.2 Å². The fourth-order valence-corrected chi connectivity index (χ4v) is 3.01. The fourth-order valence-electron chi connectivity index (χ4n) is 3.01. The summed E-state index contributed by atoms with van der Waals surface area (Å²) in [5.41, 5.74) is 4.11. The molecule has 2 aromatic rings. The highest BCUT2D eigenvalue weighted by Gasteiger charge is 2.19. The zero-order valence-electron chi connectivity index (χ0n) is 12.0. The minimum atomic E-state index is 0.679. The number of benzene rings is 2. The zero-order valence-corrected chi connectivity index (χ0v) is 12.0. The van der Waals surface area contributed by atoms with Crippen LogP contribution in [0.2, 0.25) is 0 Å². The Labute approximate surface area is 121 Å². The van der Waals surface area contributed by atoms with E-state index in [1.807, 2.05) is 0 Å². The highest BCUT2D eigenvalue weighted by Crippen LogP contribution is 2.33. The molecule has 3 rings (SSSR count). The first-order chi connectivity index (χ1) is 9.84. The molecule has 1 atom stereocenters. The van der Waals surface area contributed by atoms with Gasteiger partial charge in [-0.1, -0.05) is 36.4 Å². The van der Waals surface area contributed by atoms with Crippen molar-refractivity contribution in [1.29, 1.82) is 0 Å². The van der Waals surface area contributed by atoms with Crippen LogP contribution in [-0.2, 0) is 0 Å². The van der Waals surface area contributed by atoms with E-state index in [2.05, 4.69) is 71.9 Å². The normalized spacial score (nSPS) is 17.1. The van der Waals surface area contributed by atoms with E-state index in [4.69, 9.17) is 0 Å². The summed E-state index contributed by atoms with van der Waals surface area (Å²) in [6.45, 7) is 2.19. The average molecular weight is 266 g/mol. The highest BCUT2D eigenvalue weighted by atomic mass is 15.1. The van der Waals surface area contributed by atoms with Gasteiger partial charge in [0.2, 0.25) is 0 Å². The Hall–Kier alpha value is -1.96. The van der Waals surface area contributed by atoms with Gasteiger partial charge in [-0.15, -0.1) is 0 Å². The summed E-state index contributed by atoms with van der Waals surface area (Å²) in [7, 11) is 2.18. The van der Waals surface area contributed by atoms with Crippen molar-refractivity contribution >= 4 is 11.4 Å². The van der Waals surface area contributed by atoms with Gasteiger partial charge in [0, 0.05) is 31.5 Å². The molecule has 0 aliphatic carbocycles. The monoisotopic (exact) mass is 266 g/mol. The second-order valence-electron chi connectivity index (χ2n) is 5.55. The predicted octanol–water partition coefficient (Wildman–Crippen LogP) is 4.11. The van der Waals surface area contributed by atoms with Crippen molar-refractivity contribution in [3.05, 3.63) is 60.2 Å². The van der Waals surface area contributed by atoms with Gasteiger partial charge in [0.15, 0.2) is 0 Å². The van der Waals surface area contributed by atoms with E-state index in [1.54, 1.807) is 0 Å². The van der Waals surface area contributed by atoms with Gasteiger partial charge in [0.05, 0.1) is 0 Å². The Morgan fingerprint density at radius 3 is 2.65 bits per heavy atom. The van der Waals surface area contributed by atoms with Gasteiger partial charge in [-0.2, -0.15) is 0 Å². The molecule has 1 heterocycles. The first-order valence-corrected chi connectivity index (χ1v) is 7.43. The van der Waals surface area contributed by atoms with Crippen molar-refractivity contribution in [2.24, 2.45) is 0 Å². The standard InChI is InChI=1S/C18H22N2/c1-20(16-7-3-2-4-8-16)14-12-15-11-13-19-18-10-6-5-9-17(15)18/h2-10,15,19H,11-14H2,1H3. The maximum Gasteiger partial charge on any atom is 0.0375 e. The number of hydrogen-bond donors (Lipinski definition) is 1. The molecule has 0 radical (unpaired) electrons. The van der Waals surface area contributed by atoms with Crippen LogP contribution >= 0.6 is 0 Å². The maximum absolute atomic E-state index is 3.50. The molecule has 1 aliphatic rings. The van der Waals surface area contributed by atoms with Gasteiger partial charge < -0.3 is 10.2 Å². The van der Waals surface area contributed by atoms with Crippen LogP contribution in [0.3, 0.4) is 0 Å². The number of hydrogen-bond acceptors (Lipinski definition) is 2. The lowest BCUT2D eigenvalue weighted by atomic mass is 9.88. The van der Waals surface area contributed by atoms with E-state index in [0.29, 0.717) is 5.92 Å². The Kier molecular flexibility index (Phi) is 3.91. The van der Waals surface area contributed by atoms with Gasteiger partial charge in [-0.25, -0.2) is 0 Å². The molecule has 1 aliphatic heterocycles. The van der Waals surface area contributed by atoms with E-state index in [-0.39, 0.29) is 0 Å². The zero-order chi connectivity index (χ0) is 13.8. The Balaban J connectivity index is 1.65. The number of fused-ring (bicyclic) bond motifs is 1. The van der Waals surface area contributed by atoms with E-state index >= 15 is 0 Å². The topological polar surface area (TPSA) is 15.3 Å². The third-order valence-corrected chi connectivity index (χ3v) is 4.22. The number of anilines is 2. The van der Waals surface area contributed by atoms with Crippen LogP contribution in [0.15, 0.2) is 54.6 Å². The summed E-state index contributed by atoms with van der Waals surface area (Å²) in [6.07, 6.45) is 2.45. The molecule has 2 heteroatoms. The van der Waals surface area contributed by atoms with Gasteiger partial charge in [0.1, 0.15) is 0 Å². The van der Waals surface area contributed by atoms with Crippen molar-refractivity contribution in [3.8, 4) is 0 Å². The average Bonchev–Trinajstić information content (AvgIpc) is 2.53. The lowest BCUT2D eigenvalue weighted by molar-refractivity contribution is 0.578. The molecule has 0 bridgehead atoms. The largest absolute Gasteiger partial charge is 0.385 e. The molecule has 1 unspecified atom stereocenters. The molecule has 1 N–H and O–H groups in total. The third-order valence-electron chi connectivity index (χ3n) is 4.22. The fraction of sp³-hybridized carbons (Fsp3) is 0.333. The van der Waals surface area contributed by atoms with E-state index in [0.717, 1.165) is 13.1 Å². The molecule has 2 aromatic carbocycles. The van der Waals surface area contributed by atoms with E-state index in [9.17, 15) is 0 Å². The van der Waals surface area contributed by atoms with Crippen LogP contribution in [0.25, 0.3) is 0 Å². The molecule has 2 nitrogen and oxygen atoms in total. The highest BCUT2D eigenvalue weighted by molar-refractivity contribution is 5.54. The second-order valence-corrected chi connectivity index (χ2v) is 5.55. The summed E-state index contributed by atoms with van der Waals surface area (Å²) in [4.78, 5) is 2.35. The predicted molar refractivity (Wildman–Crippen MR) is 86.6 cm³/mol. The van der Waals surface area contributed by atoms with Crippen LogP contribution in [0.5, 0.6) is 0 Å². The van der Waals surface area contributed by atoms with E-state index in [1.165, 1.54) is 29.8 Å². The Morgan fingerprint density at radius 2 is 1.80 bits per heavy atom. The van der Waals surface area contributed by atoms with E-state index < -0.39 is 0 Å². The van der Waals surface area contributed by atoms with Gasteiger partial charge in [-0.3, -0.25) is 0 Å². The van der Waals surface area contributed by atoms with Gasteiger partial charge in [-0.05, 0) is 42.5 Å². The maximum atomic E-state index is 3.50. The molecule has 0 fully saturated rings. The third kappa shape index (κ3) is 2.79. The molecular weight excluding hydrogens is 244 g/mol. The van der Waals surface area contributed by atoms with Crippen molar-refractivity contribution < 1.29 is 0 Å². The number of nitrogens with zero attached hydrogens (tertiary/aromatic N) is 1. The van der Waals surface area contributed by atoms with Crippen LogP contribution in [-0.4, -0.2) is 20.1 Å². The first-order valence-electron chi connectivity index (χ1n) is 7.43. The van der Waals surface area contributed by atoms with Crippen LogP contribution in [0, 0.1) is 0 Å². The van der Waals surface area contributed by atoms with Crippen molar-refractivity contribution in [2.45, 2.75) is 18.8 Å². The number of nitrogens with one attached hydrogen (secondary N) is 1. The lowest BCUT2D eigenvalue weighted by Crippen LogP contribution is -2.23. The number of para-hydroxylation sites is 2. The minimum Gasteiger partial charge on any atom is -0.385 e. The molecule has 0 saturated heterocycles. The Morgan fingerprint density at radius 1 is 1.05 bits per heavy atom. The SMILES string of the molecule is CN(CCC1CCNc2ccccc21)c1ccccc1. The summed E-state index contributed by atoms with van der Waals surface area (Å²) in [5.74, 6) is 0.679. The smallest absolute Gasteiger partial charge is 0.0375 e. The summed E-state index contributed by atoms with van der Waals surface area (Å²) in [6, 6.07) is 19.4. The van der Waals surface area contributed by atoms with Gasteiger partial charge >= 0.3 is 0 Å². The number of rotatable bonds is 4. The Bertz CT molecular complexity index is 550. The molecular formula is C18H22N2. The van der Waals surface area contributed by atoms with Crippen molar-refractivity contribution in [2.75, 3.05) is 30.4 Å². The molecule has 0 spiro atoms. The molecule has 20 heavy (non-hydrogen) atoms. The molecule has 0 saturated carbocycles.